The summed E-state index contributed by atoms with van der Waals surface area (Å²) in [5.74, 6) is -4.37. The van der Waals surface area contributed by atoms with Crippen molar-refractivity contribution in [2.24, 2.45) is 0 Å². The summed E-state index contributed by atoms with van der Waals surface area (Å²) in [5, 5.41) is 19.3. The first-order valence-electron chi connectivity index (χ1n) is 5.02. The number of carboxylic acid groups (broad SMARTS) is 1. The van der Waals surface area contributed by atoms with Crippen LogP contribution in [0.5, 0.6) is 0 Å². The molecule has 0 aromatic heterocycles. The van der Waals surface area contributed by atoms with Gasteiger partial charge in [0.1, 0.15) is 0 Å². The summed E-state index contributed by atoms with van der Waals surface area (Å²) in [6.45, 7) is -0.495. The van der Waals surface area contributed by atoms with E-state index in [1.807, 2.05) is 0 Å². The van der Waals surface area contributed by atoms with E-state index in [0.717, 1.165) is 6.07 Å². The van der Waals surface area contributed by atoms with E-state index in [2.05, 4.69) is 5.32 Å². The molecule has 1 rings (SSSR count). The Hall–Kier alpha value is -2.02. The molecule has 0 heterocycles. The van der Waals surface area contributed by atoms with Crippen LogP contribution in [0.15, 0.2) is 18.2 Å². The molecule has 1 atom stereocenters. The Morgan fingerprint density at radius 2 is 2.00 bits per heavy atom. The molecule has 0 radical (unpaired) electrons. The molecular weight excluding hydrogens is 248 g/mol. The minimum Gasteiger partial charge on any atom is -0.479 e. The number of hydrogen-bond acceptors (Lipinski definition) is 3. The molecule has 18 heavy (non-hydrogen) atoms. The van der Waals surface area contributed by atoms with Gasteiger partial charge in [-0.2, -0.15) is 0 Å². The fraction of sp³-hybridized carbons (Fsp3) is 0.273. The van der Waals surface area contributed by atoms with Crippen LogP contribution in [-0.2, 0) is 16.0 Å². The molecule has 0 aliphatic heterocycles. The largest absolute Gasteiger partial charge is 0.479 e. The maximum absolute atomic E-state index is 13.2. The summed E-state index contributed by atoms with van der Waals surface area (Å²) in [6.07, 6.45) is -2.16. The smallest absolute Gasteiger partial charge is 0.334 e. The van der Waals surface area contributed by atoms with Crippen molar-refractivity contribution in [3.05, 3.63) is 35.4 Å². The maximum atomic E-state index is 13.2. The molecule has 0 aliphatic carbocycles. The number of carboxylic acids is 1. The normalized spacial score (nSPS) is 11.9. The number of aliphatic carboxylic acids is 1. The number of carbonyl (C=O) groups excluding carboxylic acids is 1. The number of aliphatic hydroxyl groups is 1. The molecule has 1 aromatic carbocycles. The second-order valence-electron chi connectivity index (χ2n) is 3.55. The van der Waals surface area contributed by atoms with Crippen LogP contribution in [0.2, 0.25) is 0 Å². The highest BCUT2D eigenvalue weighted by molar-refractivity contribution is 5.80. The quantitative estimate of drug-likeness (QED) is 0.698. The highest BCUT2D eigenvalue weighted by Gasteiger charge is 2.16. The van der Waals surface area contributed by atoms with Crippen molar-refractivity contribution < 1.29 is 28.6 Å². The van der Waals surface area contributed by atoms with E-state index < -0.39 is 42.6 Å². The van der Waals surface area contributed by atoms with Crippen LogP contribution in [0.4, 0.5) is 8.78 Å². The van der Waals surface area contributed by atoms with Crippen LogP contribution in [0, 0.1) is 11.6 Å². The van der Waals surface area contributed by atoms with Crippen molar-refractivity contribution in [2.75, 3.05) is 6.54 Å². The number of carbonyl (C=O) groups is 2. The molecule has 0 saturated heterocycles. The summed E-state index contributed by atoms with van der Waals surface area (Å²) in [7, 11) is 0. The third-order valence-electron chi connectivity index (χ3n) is 2.16. The van der Waals surface area contributed by atoms with Gasteiger partial charge in [0.2, 0.25) is 5.91 Å². The molecule has 0 bridgehead atoms. The molecule has 1 unspecified atom stereocenters. The number of aliphatic hydroxyl groups excluding tert-OH is 1. The van der Waals surface area contributed by atoms with Gasteiger partial charge in [0.15, 0.2) is 17.7 Å². The number of amides is 1. The van der Waals surface area contributed by atoms with Crippen molar-refractivity contribution >= 4 is 11.9 Å². The zero-order chi connectivity index (χ0) is 13.7. The van der Waals surface area contributed by atoms with E-state index in [1.165, 1.54) is 12.1 Å². The SMILES string of the molecule is O=C(Cc1cccc(F)c1F)NCC(O)C(=O)O. The predicted octanol–water partition coefficient (Wildman–Crippen LogP) is 0.0690. The van der Waals surface area contributed by atoms with Gasteiger partial charge in [0.25, 0.3) is 0 Å². The Labute approximate surface area is 101 Å². The predicted molar refractivity (Wildman–Crippen MR) is 56.7 cm³/mol. The monoisotopic (exact) mass is 259 g/mol. The van der Waals surface area contributed by atoms with Crippen molar-refractivity contribution in [2.45, 2.75) is 12.5 Å². The summed E-state index contributed by atoms with van der Waals surface area (Å²) in [6, 6.07) is 3.42. The first-order chi connectivity index (χ1) is 8.41. The van der Waals surface area contributed by atoms with E-state index >= 15 is 0 Å². The number of rotatable bonds is 5. The average Bonchev–Trinajstić information content (AvgIpc) is 2.32. The number of halogens is 2. The fourth-order valence-electron chi connectivity index (χ4n) is 1.22. The van der Waals surface area contributed by atoms with Crippen LogP contribution in [0.3, 0.4) is 0 Å². The van der Waals surface area contributed by atoms with Gasteiger partial charge in [-0.25, -0.2) is 13.6 Å². The molecule has 0 spiro atoms. The van der Waals surface area contributed by atoms with Gasteiger partial charge in [-0.3, -0.25) is 4.79 Å². The minimum absolute atomic E-state index is 0.141. The lowest BCUT2D eigenvalue weighted by Crippen LogP contribution is -2.37. The molecule has 98 valence electrons. The summed E-state index contributed by atoms with van der Waals surface area (Å²) in [5.41, 5.74) is -0.141. The van der Waals surface area contributed by atoms with E-state index in [-0.39, 0.29) is 5.56 Å². The van der Waals surface area contributed by atoms with E-state index in [1.54, 1.807) is 0 Å². The molecule has 0 saturated carbocycles. The van der Waals surface area contributed by atoms with Crippen molar-refractivity contribution in [3.8, 4) is 0 Å². The average molecular weight is 259 g/mol. The highest BCUT2D eigenvalue weighted by Crippen LogP contribution is 2.11. The van der Waals surface area contributed by atoms with Gasteiger partial charge in [-0.1, -0.05) is 12.1 Å². The standard InChI is InChI=1S/C11H11F2NO4/c12-7-3-1-2-6(10(7)13)4-9(16)14-5-8(15)11(17)18/h1-3,8,15H,4-5H2,(H,14,16)(H,17,18). The van der Waals surface area contributed by atoms with Gasteiger partial charge < -0.3 is 15.5 Å². The molecule has 1 amide bonds. The van der Waals surface area contributed by atoms with Gasteiger partial charge in [0.05, 0.1) is 13.0 Å². The van der Waals surface area contributed by atoms with Crippen molar-refractivity contribution in [1.82, 2.24) is 5.32 Å². The molecule has 1 aromatic rings. The summed E-state index contributed by atoms with van der Waals surface area (Å²) >= 11 is 0. The van der Waals surface area contributed by atoms with Crippen molar-refractivity contribution in [3.63, 3.8) is 0 Å². The van der Waals surface area contributed by atoms with Gasteiger partial charge in [0, 0.05) is 5.56 Å². The second kappa shape index (κ2) is 6.06. The Morgan fingerprint density at radius 1 is 1.33 bits per heavy atom. The Kier molecular flexibility index (Phi) is 4.73. The Bertz CT molecular complexity index is 464. The lowest BCUT2D eigenvalue weighted by molar-refractivity contribution is -0.146. The minimum atomic E-state index is -1.73. The summed E-state index contributed by atoms with van der Waals surface area (Å²) < 4.78 is 26.0. The second-order valence-corrected chi connectivity index (χ2v) is 3.55. The molecule has 0 aliphatic rings. The van der Waals surface area contributed by atoms with E-state index in [4.69, 9.17) is 10.2 Å². The number of nitrogens with one attached hydrogen (secondary N) is 1. The van der Waals surface area contributed by atoms with Crippen LogP contribution in [0.1, 0.15) is 5.56 Å². The maximum Gasteiger partial charge on any atom is 0.334 e. The molecule has 5 nitrogen and oxygen atoms in total. The number of benzene rings is 1. The molecular formula is C11H11F2NO4. The van der Waals surface area contributed by atoms with Crippen molar-refractivity contribution in [1.29, 1.82) is 0 Å². The molecule has 7 heteroatoms. The zero-order valence-electron chi connectivity index (χ0n) is 9.19. The molecule has 0 fully saturated rings. The summed E-state index contributed by atoms with van der Waals surface area (Å²) in [4.78, 5) is 21.6. The van der Waals surface area contributed by atoms with E-state index in [0.29, 0.717) is 0 Å². The van der Waals surface area contributed by atoms with Crippen LogP contribution < -0.4 is 5.32 Å². The highest BCUT2D eigenvalue weighted by atomic mass is 19.2. The fourth-order valence-corrected chi connectivity index (χ4v) is 1.22. The van der Waals surface area contributed by atoms with Gasteiger partial charge in [-0.05, 0) is 6.07 Å². The van der Waals surface area contributed by atoms with Crippen LogP contribution in [-0.4, -0.2) is 34.7 Å². The van der Waals surface area contributed by atoms with E-state index in [9.17, 15) is 18.4 Å². The zero-order valence-corrected chi connectivity index (χ0v) is 9.19. The Morgan fingerprint density at radius 3 is 2.61 bits per heavy atom. The molecule has 3 N–H and O–H groups in total. The Balaban J connectivity index is 2.55. The first-order valence-corrected chi connectivity index (χ1v) is 5.02. The lowest BCUT2D eigenvalue weighted by Gasteiger charge is -2.08. The topological polar surface area (TPSA) is 86.6 Å². The lowest BCUT2D eigenvalue weighted by atomic mass is 10.1. The van der Waals surface area contributed by atoms with Gasteiger partial charge in [-0.15, -0.1) is 0 Å². The third kappa shape index (κ3) is 3.77. The van der Waals surface area contributed by atoms with Gasteiger partial charge >= 0.3 is 5.97 Å². The first kappa shape index (κ1) is 14.0. The van der Waals surface area contributed by atoms with Crippen LogP contribution in [0.25, 0.3) is 0 Å². The third-order valence-corrected chi connectivity index (χ3v) is 2.16. The number of hydrogen-bond donors (Lipinski definition) is 3. The van der Waals surface area contributed by atoms with Crippen LogP contribution >= 0.6 is 0 Å².